The molecule has 0 aliphatic heterocycles. The van der Waals surface area contributed by atoms with Crippen molar-refractivity contribution in [1.29, 1.82) is 0 Å². The fourth-order valence-electron chi connectivity index (χ4n) is 5.12. The SMILES string of the molecule is CC1=C[C@H](C)[C@H](CNCCNC[C@H]2[C@H](C)C=C(C)C[C@H]2C)[C@H](C)C1. The molecule has 0 aromatic heterocycles. The van der Waals surface area contributed by atoms with Gasteiger partial charge in [0.2, 0.25) is 0 Å². The van der Waals surface area contributed by atoms with Crippen LogP contribution >= 0.6 is 0 Å². The minimum absolute atomic E-state index is 0.716. The Morgan fingerprint density at radius 1 is 0.750 bits per heavy atom. The summed E-state index contributed by atoms with van der Waals surface area (Å²) in [6.45, 7) is 18.6. The van der Waals surface area contributed by atoms with E-state index in [2.05, 4.69) is 64.3 Å². The summed E-state index contributed by atoms with van der Waals surface area (Å²) in [4.78, 5) is 0. The number of hydrogen-bond donors (Lipinski definition) is 2. The number of allylic oxidation sites excluding steroid dienone is 4. The van der Waals surface area contributed by atoms with Crippen molar-refractivity contribution < 1.29 is 0 Å². The van der Waals surface area contributed by atoms with Gasteiger partial charge in [0.15, 0.2) is 0 Å². The van der Waals surface area contributed by atoms with Crippen molar-refractivity contribution in [3.63, 3.8) is 0 Å². The van der Waals surface area contributed by atoms with Crippen LogP contribution in [-0.4, -0.2) is 26.2 Å². The predicted octanol–water partition coefficient (Wildman–Crippen LogP) is 4.64. The third-order valence-electron chi connectivity index (χ3n) is 6.43. The first-order chi connectivity index (χ1) is 11.4. The van der Waals surface area contributed by atoms with E-state index in [0.717, 1.165) is 49.9 Å². The lowest BCUT2D eigenvalue weighted by Crippen LogP contribution is -2.39. The molecule has 0 heterocycles. The van der Waals surface area contributed by atoms with Crippen LogP contribution in [0, 0.1) is 35.5 Å². The first-order valence-corrected chi connectivity index (χ1v) is 10.1. The summed E-state index contributed by atoms with van der Waals surface area (Å²) in [7, 11) is 0. The molecular weight excluding hydrogens is 292 g/mol. The molecular formula is C22H40N2. The summed E-state index contributed by atoms with van der Waals surface area (Å²) in [6, 6.07) is 0. The van der Waals surface area contributed by atoms with Crippen molar-refractivity contribution in [3.8, 4) is 0 Å². The molecule has 0 unspecified atom stereocenters. The summed E-state index contributed by atoms with van der Waals surface area (Å²) in [5.74, 6) is 4.63. The van der Waals surface area contributed by atoms with Crippen LogP contribution in [0.15, 0.2) is 23.3 Å². The Morgan fingerprint density at radius 3 is 1.46 bits per heavy atom. The Hall–Kier alpha value is -0.600. The van der Waals surface area contributed by atoms with E-state index in [0.29, 0.717) is 11.8 Å². The van der Waals surface area contributed by atoms with E-state index in [1.807, 2.05) is 0 Å². The topological polar surface area (TPSA) is 24.1 Å². The second-order valence-electron chi connectivity index (χ2n) is 8.84. The van der Waals surface area contributed by atoms with Crippen molar-refractivity contribution in [1.82, 2.24) is 10.6 Å². The molecule has 0 saturated carbocycles. The molecule has 0 bridgehead atoms. The maximum Gasteiger partial charge on any atom is 0.00768 e. The highest BCUT2D eigenvalue weighted by Crippen LogP contribution is 2.33. The van der Waals surface area contributed by atoms with Crippen molar-refractivity contribution in [2.45, 2.75) is 54.4 Å². The lowest BCUT2D eigenvalue weighted by atomic mass is 9.75. The third-order valence-corrected chi connectivity index (χ3v) is 6.43. The summed E-state index contributed by atoms with van der Waals surface area (Å²) in [6.07, 6.45) is 7.51. The molecule has 24 heavy (non-hydrogen) atoms. The number of nitrogens with one attached hydrogen (secondary N) is 2. The second-order valence-corrected chi connectivity index (χ2v) is 8.84. The molecule has 6 atom stereocenters. The highest BCUT2D eigenvalue weighted by atomic mass is 14.9. The number of rotatable bonds is 7. The van der Waals surface area contributed by atoms with E-state index in [9.17, 15) is 0 Å². The summed E-state index contributed by atoms with van der Waals surface area (Å²) in [5, 5.41) is 7.39. The van der Waals surface area contributed by atoms with Crippen molar-refractivity contribution in [3.05, 3.63) is 23.3 Å². The van der Waals surface area contributed by atoms with Crippen LogP contribution in [0.3, 0.4) is 0 Å². The molecule has 138 valence electrons. The highest BCUT2D eigenvalue weighted by molar-refractivity contribution is 5.09. The van der Waals surface area contributed by atoms with Crippen LogP contribution in [0.25, 0.3) is 0 Å². The molecule has 0 aromatic rings. The Bertz CT molecular complexity index is 409. The smallest absolute Gasteiger partial charge is 0.00768 e. The first-order valence-electron chi connectivity index (χ1n) is 10.1. The maximum atomic E-state index is 3.69. The molecule has 0 radical (unpaired) electrons. The first kappa shape index (κ1) is 19.7. The van der Waals surface area contributed by atoms with Gasteiger partial charge in [-0.15, -0.1) is 0 Å². The average molecular weight is 333 g/mol. The fraction of sp³-hybridized carbons (Fsp3) is 0.818. The van der Waals surface area contributed by atoms with Gasteiger partial charge in [0, 0.05) is 13.1 Å². The lowest BCUT2D eigenvalue weighted by molar-refractivity contribution is 0.253. The van der Waals surface area contributed by atoms with Gasteiger partial charge in [-0.3, -0.25) is 0 Å². The van der Waals surface area contributed by atoms with Gasteiger partial charge in [0.1, 0.15) is 0 Å². The largest absolute Gasteiger partial charge is 0.315 e. The minimum Gasteiger partial charge on any atom is -0.315 e. The normalized spacial score (nSPS) is 37.1. The Labute approximate surface area is 150 Å². The second kappa shape index (κ2) is 9.20. The van der Waals surface area contributed by atoms with E-state index in [1.54, 1.807) is 11.1 Å². The molecule has 2 N–H and O–H groups in total. The van der Waals surface area contributed by atoms with Crippen LogP contribution in [-0.2, 0) is 0 Å². The molecule has 0 fully saturated rings. The molecule has 0 spiro atoms. The van der Waals surface area contributed by atoms with Crippen LogP contribution in [0.5, 0.6) is 0 Å². The third kappa shape index (κ3) is 5.46. The zero-order valence-electron chi connectivity index (χ0n) is 16.9. The molecule has 2 aliphatic carbocycles. The fourth-order valence-corrected chi connectivity index (χ4v) is 5.12. The van der Waals surface area contributed by atoms with Crippen LogP contribution in [0.4, 0.5) is 0 Å². The molecule has 2 rings (SSSR count). The minimum atomic E-state index is 0.716. The van der Waals surface area contributed by atoms with Crippen molar-refractivity contribution >= 4 is 0 Å². The zero-order valence-corrected chi connectivity index (χ0v) is 16.9. The summed E-state index contributed by atoms with van der Waals surface area (Å²) >= 11 is 0. The van der Waals surface area contributed by atoms with Gasteiger partial charge in [0.25, 0.3) is 0 Å². The Kier molecular flexibility index (Phi) is 7.56. The van der Waals surface area contributed by atoms with Gasteiger partial charge in [0.05, 0.1) is 0 Å². The predicted molar refractivity (Wildman–Crippen MR) is 106 cm³/mol. The molecule has 2 aliphatic rings. The zero-order chi connectivity index (χ0) is 17.7. The van der Waals surface area contributed by atoms with Gasteiger partial charge in [-0.1, -0.05) is 51.0 Å². The summed E-state index contributed by atoms with van der Waals surface area (Å²) in [5.41, 5.74) is 3.15. The van der Waals surface area contributed by atoms with E-state index < -0.39 is 0 Å². The Morgan fingerprint density at radius 2 is 1.12 bits per heavy atom. The van der Waals surface area contributed by atoms with E-state index in [1.165, 1.54) is 12.8 Å². The van der Waals surface area contributed by atoms with Gasteiger partial charge in [-0.2, -0.15) is 0 Å². The quantitative estimate of drug-likeness (QED) is 0.524. The molecule has 0 saturated heterocycles. The lowest BCUT2D eigenvalue weighted by Gasteiger charge is -2.34. The van der Waals surface area contributed by atoms with E-state index in [4.69, 9.17) is 0 Å². The van der Waals surface area contributed by atoms with Gasteiger partial charge in [-0.25, -0.2) is 0 Å². The molecule has 2 heteroatoms. The van der Waals surface area contributed by atoms with Gasteiger partial charge < -0.3 is 10.6 Å². The van der Waals surface area contributed by atoms with E-state index in [-0.39, 0.29) is 0 Å². The molecule has 0 aromatic carbocycles. The van der Waals surface area contributed by atoms with Crippen LogP contribution < -0.4 is 10.6 Å². The van der Waals surface area contributed by atoms with Crippen molar-refractivity contribution in [2.75, 3.05) is 26.2 Å². The molecule has 0 amide bonds. The summed E-state index contributed by atoms with van der Waals surface area (Å²) < 4.78 is 0. The van der Waals surface area contributed by atoms with Gasteiger partial charge >= 0.3 is 0 Å². The van der Waals surface area contributed by atoms with Crippen LogP contribution in [0.1, 0.15) is 54.4 Å². The maximum absolute atomic E-state index is 3.69. The highest BCUT2D eigenvalue weighted by Gasteiger charge is 2.27. The van der Waals surface area contributed by atoms with Crippen molar-refractivity contribution in [2.24, 2.45) is 35.5 Å². The number of hydrogen-bond acceptors (Lipinski definition) is 2. The van der Waals surface area contributed by atoms with Gasteiger partial charge in [-0.05, 0) is 75.3 Å². The standard InChI is InChI=1S/C22H40N2/c1-15-9-17(3)21(18(4)10-15)13-23-7-8-24-14-22-19(5)11-16(2)12-20(22)6/h9,11,17-24H,7-8,10,12-14H2,1-6H3/t17-,18-,19+,20-,21+,22+/m1/s1. The van der Waals surface area contributed by atoms with Crippen LogP contribution in [0.2, 0.25) is 0 Å². The Balaban J connectivity index is 1.62. The monoisotopic (exact) mass is 332 g/mol. The van der Waals surface area contributed by atoms with E-state index >= 15 is 0 Å². The molecule has 2 nitrogen and oxygen atoms in total. The average Bonchev–Trinajstić information content (AvgIpc) is 2.46.